The summed E-state index contributed by atoms with van der Waals surface area (Å²) in [6.07, 6.45) is 1.19. The lowest BCUT2D eigenvalue weighted by Crippen LogP contribution is -2.28. The Hall–Kier alpha value is -1.88. The summed E-state index contributed by atoms with van der Waals surface area (Å²) in [7, 11) is 1.73. The van der Waals surface area contributed by atoms with Gasteiger partial charge < -0.3 is 15.4 Å². The number of nitrogens with one attached hydrogen (secondary N) is 2. The van der Waals surface area contributed by atoms with E-state index in [2.05, 4.69) is 10.6 Å². The van der Waals surface area contributed by atoms with Crippen molar-refractivity contribution in [2.75, 3.05) is 19.0 Å². The van der Waals surface area contributed by atoms with E-state index in [1.807, 2.05) is 18.2 Å². The van der Waals surface area contributed by atoms with Gasteiger partial charge in [0, 0.05) is 12.1 Å². The molecule has 1 amide bonds. The molecule has 0 fully saturated rings. The molecule has 5 nitrogen and oxygen atoms in total. The van der Waals surface area contributed by atoms with Gasteiger partial charge in [-0.15, -0.1) is 0 Å². The van der Waals surface area contributed by atoms with E-state index in [4.69, 9.17) is 4.74 Å². The first-order chi connectivity index (χ1) is 9.15. The van der Waals surface area contributed by atoms with Crippen molar-refractivity contribution >= 4 is 17.6 Å². The predicted octanol–water partition coefficient (Wildman–Crippen LogP) is 1.39. The number of benzene rings is 1. The zero-order valence-electron chi connectivity index (χ0n) is 11.2. The van der Waals surface area contributed by atoms with E-state index in [9.17, 15) is 9.59 Å². The van der Waals surface area contributed by atoms with E-state index >= 15 is 0 Å². The maximum Gasteiger partial charge on any atom is 0.327 e. The molecular weight excluding hydrogens is 244 g/mol. The lowest BCUT2D eigenvalue weighted by Gasteiger charge is -2.20. The molecule has 1 unspecified atom stereocenters. The molecule has 1 heterocycles. The van der Waals surface area contributed by atoms with Crippen LogP contribution < -0.4 is 10.6 Å². The first-order valence-electron chi connectivity index (χ1n) is 6.42. The van der Waals surface area contributed by atoms with Gasteiger partial charge in [0.05, 0.1) is 6.61 Å². The highest BCUT2D eigenvalue weighted by Gasteiger charge is 2.22. The molecule has 5 heteroatoms. The first kappa shape index (κ1) is 13.5. The Morgan fingerprint density at radius 1 is 1.47 bits per heavy atom. The van der Waals surface area contributed by atoms with Gasteiger partial charge in [-0.3, -0.25) is 4.79 Å². The largest absolute Gasteiger partial charge is 0.465 e. The minimum Gasteiger partial charge on any atom is -0.465 e. The summed E-state index contributed by atoms with van der Waals surface area (Å²) in [6, 6.07) is 5.16. The Morgan fingerprint density at radius 3 is 2.95 bits per heavy atom. The average Bonchev–Trinajstić information content (AvgIpc) is 2.40. The van der Waals surface area contributed by atoms with Crippen LogP contribution in [0.1, 0.15) is 30.5 Å². The second-order valence-electron chi connectivity index (χ2n) is 4.44. The van der Waals surface area contributed by atoms with Crippen molar-refractivity contribution in [3.8, 4) is 0 Å². The maximum absolute atomic E-state index is 11.8. The SMILES string of the molecule is CCOC(=O)C(NC)c1ccc2c(c1)CCC(=O)N2. The third kappa shape index (κ3) is 2.93. The number of hydrogen-bond acceptors (Lipinski definition) is 4. The van der Waals surface area contributed by atoms with Crippen LogP contribution in [-0.2, 0) is 20.7 Å². The zero-order chi connectivity index (χ0) is 13.8. The van der Waals surface area contributed by atoms with E-state index in [0.29, 0.717) is 19.4 Å². The quantitative estimate of drug-likeness (QED) is 0.805. The highest BCUT2D eigenvalue weighted by atomic mass is 16.5. The summed E-state index contributed by atoms with van der Waals surface area (Å²) in [5, 5.41) is 5.78. The molecule has 1 atom stereocenters. The summed E-state index contributed by atoms with van der Waals surface area (Å²) < 4.78 is 5.04. The number of carbonyl (C=O) groups is 2. The Labute approximate surface area is 112 Å². The molecule has 2 rings (SSSR count). The van der Waals surface area contributed by atoms with E-state index < -0.39 is 6.04 Å². The second kappa shape index (κ2) is 5.84. The minimum atomic E-state index is -0.470. The standard InChI is InChI=1S/C14H18N2O3/c1-3-19-14(18)13(15-2)10-4-6-11-9(8-10)5-7-12(17)16-11/h4,6,8,13,15H,3,5,7H2,1-2H3,(H,16,17). The van der Waals surface area contributed by atoms with Crippen LogP contribution in [0.15, 0.2) is 18.2 Å². The molecule has 1 aromatic rings. The highest BCUT2D eigenvalue weighted by Crippen LogP contribution is 2.26. The fraction of sp³-hybridized carbons (Fsp3) is 0.429. The lowest BCUT2D eigenvalue weighted by atomic mass is 9.97. The van der Waals surface area contributed by atoms with Crippen LogP contribution in [0.5, 0.6) is 0 Å². The van der Waals surface area contributed by atoms with Crippen molar-refractivity contribution in [1.29, 1.82) is 0 Å². The van der Waals surface area contributed by atoms with Crippen molar-refractivity contribution in [3.05, 3.63) is 29.3 Å². The number of amides is 1. The average molecular weight is 262 g/mol. The van der Waals surface area contributed by atoms with Crippen LogP contribution in [0.3, 0.4) is 0 Å². The first-order valence-corrected chi connectivity index (χ1v) is 6.42. The van der Waals surface area contributed by atoms with Gasteiger partial charge in [0.2, 0.25) is 5.91 Å². The van der Waals surface area contributed by atoms with Crippen LogP contribution in [0.2, 0.25) is 0 Å². The summed E-state index contributed by atoms with van der Waals surface area (Å²) in [4.78, 5) is 23.1. The summed E-state index contributed by atoms with van der Waals surface area (Å²) in [6.45, 7) is 2.14. The Balaban J connectivity index is 2.25. The van der Waals surface area contributed by atoms with Gasteiger partial charge in [0.1, 0.15) is 6.04 Å². The molecule has 1 aromatic carbocycles. The van der Waals surface area contributed by atoms with Crippen LogP contribution in [0.25, 0.3) is 0 Å². The minimum absolute atomic E-state index is 0.0378. The third-order valence-electron chi connectivity index (χ3n) is 3.17. The van der Waals surface area contributed by atoms with Gasteiger partial charge in [-0.25, -0.2) is 4.79 Å². The molecule has 0 spiro atoms. The van der Waals surface area contributed by atoms with Gasteiger partial charge in [-0.05, 0) is 37.6 Å². The van der Waals surface area contributed by atoms with Crippen LogP contribution >= 0.6 is 0 Å². The van der Waals surface area contributed by atoms with Gasteiger partial charge in [-0.2, -0.15) is 0 Å². The third-order valence-corrected chi connectivity index (χ3v) is 3.17. The fourth-order valence-corrected chi connectivity index (χ4v) is 2.23. The van der Waals surface area contributed by atoms with Crippen LogP contribution in [0.4, 0.5) is 5.69 Å². The number of ether oxygens (including phenoxy) is 1. The van der Waals surface area contributed by atoms with Crippen molar-refractivity contribution < 1.29 is 14.3 Å². The normalized spacial score (nSPS) is 15.4. The van der Waals surface area contributed by atoms with E-state index in [-0.39, 0.29) is 11.9 Å². The molecule has 0 aliphatic carbocycles. The van der Waals surface area contributed by atoms with Gasteiger partial charge in [-0.1, -0.05) is 12.1 Å². The molecular formula is C14H18N2O3. The number of anilines is 1. The molecule has 0 aromatic heterocycles. The number of likely N-dealkylation sites (N-methyl/N-ethyl adjacent to an activating group) is 1. The summed E-state index contributed by atoms with van der Waals surface area (Å²) in [5.74, 6) is -0.249. The maximum atomic E-state index is 11.8. The molecule has 1 aliphatic rings. The Morgan fingerprint density at radius 2 is 2.26 bits per heavy atom. The van der Waals surface area contributed by atoms with Gasteiger partial charge in [0.15, 0.2) is 0 Å². The molecule has 0 bridgehead atoms. The molecule has 0 saturated heterocycles. The summed E-state index contributed by atoms with van der Waals surface area (Å²) in [5.41, 5.74) is 2.75. The van der Waals surface area contributed by atoms with Crippen molar-refractivity contribution in [1.82, 2.24) is 5.32 Å². The molecule has 102 valence electrons. The number of carbonyl (C=O) groups excluding carboxylic acids is 2. The molecule has 2 N–H and O–H groups in total. The zero-order valence-corrected chi connectivity index (χ0v) is 11.2. The van der Waals surface area contributed by atoms with Crippen molar-refractivity contribution in [3.63, 3.8) is 0 Å². The molecule has 0 radical (unpaired) electrons. The lowest BCUT2D eigenvalue weighted by molar-refractivity contribution is -0.145. The van der Waals surface area contributed by atoms with E-state index in [0.717, 1.165) is 16.8 Å². The molecule has 0 saturated carbocycles. The van der Waals surface area contributed by atoms with Crippen molar-refractivity contribution in [2.45, 2.75) is 25.8 Å². The van der Waals surface area contributed by atoms with Gasteiger partial charge in [0.25, 0.3) is 0 Å². The van der Waals surface area contributed by atoms with Crippen LogP contribution in [0, 0.1) is 0 Å². The fourth-order valence-electron chi connectivity index (χ4n) is 2.23. The van der Waals surface area contributed by atoms with Crippen LogP contribution in [-0.4, -0.2) is 25.5 Å². The number of fused-ring (bicyclic) bond motifs is 1. The topological polar surface area (TPSA) is 67.4 Å². The molecule has 1 aliphatic heterocycles. The van der Waals surface area contributed by atoms with Crippen molar-refractivity contribution in [2.24, 2.45) is 0 Å². The number of rotatable bonds is 4. The smallest absolute Gasteiger partial charge is 0.327 e. The van der Waals surface area contributed by atoms with E-state index in [1.54, 1.807) is 14.0 Å². The predicted molar refractivity (Wildman–Crippen MR) is 71.8 cm³/mol. The number of aryl methyl sites for hydroxylation is 1. The monoisotopic (exact) mass is 262 g/mol. The Kier molecular flexibility index (Phi) is 4.16. The second-order valence-corrected chi connectivity index (χ2v) is 4.44. The molecule has 19 heavy (non-hydrogen) atoms. The van der Waals surface area contributed by atoms with Gasteiger partial charge >= 0.3 is 5.97 Å². The Bertz CT molecular complexity index is 499. The summed E-state index contributed by atoms with van der Waals surface area (Å²) >= 11 is 0. The number of hydrogen-bond donors (Lipinski definition) is 2. The number of esters is 1. The highest BCUT2D eigenvalue weighted by molar-refractivity contribution is 5.94. The van der Waals surface area contributed by atoms with E-state index in [1.165, 1.54) is 0 Å².